The van der Waals surface area contributed by atoms with Crippen LogP contribution in [0.1, 0.15) is 65.7 Å². The maximum absolute atomic E-state index is 11.8. The number of halogens is 1. The first-order valence-corrected chi connectivity index (χ1v) is 8.47. The number of rotatable bonds is 12. The molecule has 0 rings (SSSR count). The zero-order valence-electron chi connectivity index (χ0n) is 14.6. The quantitative estimate of drug-likeness (QED) is 0.218. The van der Waals surface area contributed by atoms with Crippen LogP contribution in [0, 0.1) is 0 Å². The molecule has 0 fully saturated rings. The SMILES string of the molecule is CCCCCCCCN=C(N)NCCC(=O)N(CC)CC.I. The largest absolute Gasteiger partial charge is 0.370 e. The van der Waals surface area contributed by atoms with Crippen LogP contribution in [0.15, 0.2) is 4.99 Å². The van der Waals surface area contributed by atoms with Gasteiger partial charge >= 0.3 is 0 Å². The number of guanidine groups is 1. The monoisotopic (exact) mass is 426 g/mol. The first-order valence-electron chi connectivity index (χ1n) is 8.47. The van der Waals surface area contributed by atoms with Gasteiger partial charge in [0, 0.05) is 32.6 Å². The molecular formula is C16H35IN4O. The third-order valence-corrected chi connectivity index (χ3v) is 3.55. The number of hydrogen-bond acceptors (Lipinski definition) is 2. The van der Waals surface area contributed by atoms with Crippen molar-refractivity contribution in [2.24, 2.45) is 10.7 Å². The van der Waals surface area contributed by atoms with Crippen LogP contribution in [-0.4, -0.2) is 42.9 Å². The number of carbonyl (C=O) groups excluding carboxylic acids is 1. The van der Waals surface area contributed by atoms with Gasteiger partial charge < -0.3 is 16.0 Å². The molecule has 0 saturated heterocycles. The lowest BCUT2D eigenvalue weighted by atomic mass is 10.1. The van der Waals surface area contributed by atoms with Crippen molar-refractivity contribution >= 4 is 35.8 Å². The van der Waals surface area contributed by atoms with Crippen molar-refractivity contribution in [3.63, 3.8) is 0 Å². The van der Waals surface area contributed by atoms with Crippen LogP contribution < -0.4 is 11.1 Å². The molecule has 0 aromatic rings. The van der Waals surface area contributed by atoms with Crippen LogP contribution in [0.25, 0.3) is 0 Å². The predicted molar refractivity (Wildman–Crippen MR) is 106 cm³/mol. The molecule has 3 N–H and O–H groups in total. The Hall–Kier alpha value is -0.530. The Labute approximate surface area is 153 Å². The lowest BCUT2D eigenvalue weighted by Crippen LogP contribution is -2.37. The minimum absolute atomic E-state index is 0. The van der Waals surface area contributed by atoms with Crippen molar-refractivity contribution in [3.05, 3.63) is 0 Å². The molecule has 0 radical (unpaired) electrons. The average Bonchev–Trinajstić information content (AvgIpc) is 2.47. The fourth-order valence-corrected chi connectivity index (χ4v) is 2.18. The van der Waals surface area contributed by atoms with E-state index in [1.165, 1.54) is 32.1 Å². The summed E-state index contributed by atoms with van der Waals surface area (Å²) in [7, 11) is 0. The first kappa shape index (κ1) is 23.7. The van der Waals surface area contributed by atoms with Gasteiger partial charge in [0.1, 0.15) is 0 Å². The van der Waals surface area contributed by atoms with Gasteiger partial charge in [0.05, 0.1) is 0 Å². The highest BCUT2D eigenvalue weighted by Gasteiger charge is 2.08. The van der Waals surface area contributed by atoms with Gasteiger partial charge in [0.25, 0.3) is 0 Å². The van der Waals surface area contributed by atoms with E-state index in [1.54, 1.807) is 0 Å². The third-order valence-electron chi connectivity index (χ3n) is 3.55. The second-order valence-electron chi connectivity index (χ2n) is 5.28. The summed E-state index contributed by atoms with van der Waals surface area (Å²) in [4.78, 5) is 17.9. The number of nitrogens with zero attached hydrogens (tertiary/aromatic N) is 2. The second-order valence-corrected chi connectivity index (χ2v) is 5.28. The highest BCUT2D eigenvalue weighted by molar-refractivity contribution is 14.0. The minimum Gasteiger partial charge on any atom is -0.370 e. The molecule has 0 aromatic heterocycles. The van der Waals surface area contributed by atoms with Crippen LogP contribution in [0.2, 0.25) is 0 Å². The number of nitrogens with one attached hydrogen (secondary N) is 1. The molecule has 0 aliphatic heterocycles. The molecule has 1 amide bonds. The predicted octanol–water partition coefficient (Wildman–Crippen LogP) is 3.13. The molecule has 0 aliphatic carbocycles. The summed E-state index contributed by atoms with van der Waals surface area (Å²) in [5.41, 5.74) is 5.78. The smallest absolute Gasteiger partial charge is 0.224 e. The normalized spacial score (nSPS) is 11.0. The lowest BCUT2D eigenvalue weighted by Gasteiger charge is -2.18. The molecule has 0 heterocycles. The Morgan fingerprint density at radius 2 is 1.64 bits per heavy atom. The zero-order valence-corrected chi connectivity index (χ0v) is 16.9. The number of nitrogens with two attached hydrogens (primary N) is 1. The molecule has 0 spiro atoms. The van der Waals surface area contributed by atoms with Crippen LogP contribution in [-0.2, 0) is 4.79 Å². The van der Waals surface area contributed by atoms with Crippen LogP contribution in [0.5, 0.6) is 0 Å². The fraction of sp³-hybridized carbons (Fsp3) is 0.875. The van der Waals surface area contributed by atoms with Gasteiger partial charge in [-0.25, -0.2) is 0 Å². The van der Waals surface area contributed by atoms with Gasteiger partial charge in [-0.1, -0.05) is 39.0 Å². The molecule has 0 aliphatic rings. The summed E-state index contributed by atoms with van der Waals surface area (Å²) in [5.74, 6) is 0.618. The van der Waals surface area contributed by atoms with Crippen molar-refractivity contribution in [1.82, 2.24) is 10.2 Å². The molecule has 6 heteroatoms. The number of hydrogen-bond donors (Lipinski definition) is 2. The van der Waals surface area contributed by atoms with Gasteiger partial charge in [-0.05, 0) is 20.3 Å². The Morgan fingerprint density at radius 1 is 1.05 bits per heavy atom. The lowest BCUT2D eigenvalue weighted by molar-refractivity contribution is -0.130. The van der Waals surface area contributed by atoms with E-state index in [-0.39, 0.29) is 29.9 Å². The van der Waals surface area contributed by atoms with E-state index in [2.05, 4.69) is 17.2 Å². The molecule has 0 unspecified atom stereocenters. The van der Waals surface area contributed by atoms with E-state index < -0.39 is 0 Å². The first-order chi connectivity index (χ1) is 10.2. The van der Waals surface area contributed by atoms with E-state index in [0.29, 0.717) is 18.9 Å². The van der Waals surface area contributed by atoms with E-state index in [1.807, 2.05) is 18.7 Å². The Balaban J connectivity index is 0. The van der Waals surface area contributed by atoms with E-state index in [4.69, 9.17) is 5.73 Å². The van der Waals surface area contributed by atoms with Crippen molar-refractivity contribution in [2.75, 3.05) is 26.2 Å². The molecule has 0 bridgehead atoms. The Morgan fingerprint density at radius 3 is 2.23 bits per heavy atom. The summed E-state index contributed by atoms with van der Waals surface area (Å²) in [6.45, 7) is 9.06. The van der Waals surface area contributed by atoms with Crippen LogP contribution in [0.4, 0.5) is 0 Å². The molecule has 0 saturated carbocycles. The number of amides is 1. The van der Waals surface area contributed by atoms with E-state index in [9.17, 15) is 4.79 Å². The highest BCUT2D eigenvalue weighted by atomic mass is 127. The van der Waals surface area contributed by atoms with Gasteiger partial charge in [0.15, 0.2) is 5.96 Å². The van der Waals surface area contributed by atoms with Gasteiger partial charge in [-0.15, -0.1) is 24.0 Å². The van der Waals surface area contributed by atoms with Gasteiger partial charge in [-0.3, -0.25) is 9.79 Å². The maximum Gasteiger partial charge on any atom is 0.224 e. The summed E-state index contributed by atoms with van der Waals surface area (Å²) in [6, 6.07) is 0. The fourth-order valence-electron chi connectivity index (χ4n) is 2.18. The van der Waals surface area contributed by atoms with Gasteiger partial charge in [-0.2, -0.15) is 0 Å². The molecular weight excluding hydrogens is 391 g/mol. The standard InChI is InChI=1S/C16H34N4O.HI/c1-4-7-8-9-10-11-13-18-16(17)19-14-12-15(21)20(5-2)6-3;/h4-14H2,1-3H3,(H3,17,18,19);1H. The average molecular weight is 426 g/mol. The van der Waals surface area contributed by atoms with Gasteiger partial charge in [0.2, 0.25) is 5.91 Å². The topological polar surface area (TPSA) is 70.7 Å². The molecule has 5 nitrogen and oxygen atoms in total. The minimum atomic E-state index is 0. The zero-order chi connectivity index (χ0) is 15.9. The van der Waals surface area contributed by atoms with Crippen LogP contribution >= 0.6 is 24.0 Å². The summed E-state index contributed by atoms with van der Waals surface area (Å²) < 4.78 is 0. The van der Waals surface area contributed by atoms with Crippen molar-refractivity contribution in [1.29, 1.82) is 0 Å². The number of aliphatic imine (C=N–C) groups is 1. The number of unbranched alkanes of at least 4 members (excludes halogenated alkanes) is 5. The molecule has 22 heavy (non-hydrogen) atoms. The molecule has 0 aromatic carbocycles. The summed E-state index contributed by atoms with van der Waals surface area (Å²) in [6.07, 6.45) is 7.99. The Kier molecular flexibility index (Phi) is 18.2. The molecule has 132 valence electrons. The van der Waals surface area contributed by atoms with E-state index >= 15 is 0 Å². The highest BCUT2D eigenvalue weighted by Crippen LogP contribution is 2.04. The number of carbonyl (C=O) groups is 1. The maximum atomic E-state index is 11.8. The molecule has 0 atom stereocenters. The van der Waals surface area contributed by atoms with Crippen molar-refractivity contribution in [2.45, 2.75) is 65.7 Å². The van der Waals surface area contributed by atoms with Crippen LogP contribution in [0.3, 0.4) is 0 Å². The van der Waals surface area contributed by atoms with Crippen molar-refractivity contribution < 1.29 is 4.79 Å². The third kappa shape index (κ3) is 13.2. The second kappa shape index (κ2) is 16.8. The van der Waals surface area contributed by atoms with Crippen molar-refractivity contribution in [3.8, 4) is 0 Å². The summed E-state index contributed by atoms with van der Waals surface area (Å²) >= 11 is 0. The van der Waals surface area contributed by atoms with E-state index in [0.717, 1.165) is 26.1 Å². The Bertz CT molecular complexity index is 294. The summed E-state index contributed by atoms with van der Waals surface area (Å²) in [5, 5.41) is 3.01.